The van der Waals surface area contributed by atoms with Crippen LogP contribution in [0.1, 0.15) is 29.4 Å². The summed E-state index contributed by atoms with van der Waals surface area (Å²) >= 11 is 0. The minimum atomic E-state index is -0.268. The van der Waals surface area contributed by atoms with E-state index in [-0.39, 0.29) is 5.91 Å². The number of methoxy groups -OCH3 is 3. The van der Waals surface area contributed by atoms with Gasteiger partial charge in [0.15, 0.2) is 0 Å². The van der Waals surface area contributed by atoms with Gasteiger partial charge < -0.3 is 23.9 Å². The van der Waals surface area contributed by atoms with Gasteiger partial charge in [0, 0.05) is 28.7 Å². The molecule has 2 aromatic carbocycles. The Morgan fingerprint density at radius 2 is 1.73 bits per heavy atom. The van der Waals surface area contributed by atoms with Crippen LogP contribution < -0.4 is 19.5 Å². The van der Waals surface area contributed by atoms with E-state index in [1.807, 2.05) is 33.8 Å². The van der Waals surface area contributed by atoms with E-state index in [0.29, 0.717) is 22.9 Å². The number of amides is 1. The highest BCUT2D eigenvalue weighted by molar-refractivity contribution is 6.05. The summed E-state index contributed by atoms with van der Waals surface area (Å²) in [4.78, 5) is 12.7. The van der Waals surface area contributed by atoms with E-state index in [1.54, 1.807) is 45.6 Å². The largest absolute Gasteiger partial charge is 0.497 e. The molecule has 0 unspecified atom stereocenters. The van der Waals surface area contributed by atoms with Gasteiger partial charge in [-0.1, -0.05) is 0 Å². The predicted octanol–water partition coefficient (Wildman–Crippen LogP) is 5.43. The Bertz CT molecular complexity index is 1140. The van der Waals surface area contributed by atoms with Gasteiger partial charge in [-0.15, -0.1) is 0 Å². The second kappa shape index (κ2) is 8.53. The fourth-order valence-corrected chi connectivity index (χ4v) is 3.51. The third kappa shape index (κ3) is 3.85. The summed E-state index contributed by atoms with van der Waals surface area (Å²) in [6.45, 7) is 7.82. The molecule has 6 nitrogen and oxygen atoms in total. The number of furan rings is 1. The molecule has 1 heterocycles. The molecule has 6 heteroatoms. The first kappa shape index (κ1) is 21.3. The van der Waals surface area contributed by atoms with Crippen LogP contribution in [0.15, 0.2) is 34.8 Å². The minimum absolute atomic E-state index is 0.268. The lowest BCUT2D eigenvalue weighted by atomic mass is 9.98. The molecule has 1 N–H and O–H groups in total. The van der Waals surface area contributed by atoms with Crippen molar-refractivity contribution in [3.8, 4) is 17.2 Å². The van der Waals surface area contributed by atoms with Gasteiger partial charge in [0.2, 0.25) is 5.91 Å². The highest BCUT2D eigenvalue weighted by Crippen LogP contribution is 2.38. The molecule has 0 fully saturated rings. The fraction of sp³-hybridized carbons (Fsp3) is 0.292. The van der Waals surface area contributed by atoms with Gasteiger partial charge in [-0.2, -0.15) is 0 Å². The van der Waals surface area contributed by atoms with Gasteiger partial charge in [-0.3, -0.25) is 4.79 Å². The molecule has 0 bridgehead atoms. The number of carbonyl (C=O) groups is 1. The molecule has 0 saturated carbocycles. The maximum atomic E-state index is 12.7. The van der Waals surface area contributed by atoms with Gasteiger partial charge in [0.05, 0.1) is 27.0 Å². The van der Waals surface area contributed by atoms with E-state index in [0.717, 1.165) is 39.0 Å². The second-order valence-electron chi connectivity index (χ2n) is 7.13. The zero-order valence-corrected chi connectivity index (χ0v) is 18.4. The summed E-state index contributed by atoms with van der Waals surface area (Å²) in [5.41, 5.74) is 4.99. The van der Waals surface area contributed by atoms with Crippen molar-refractivity contribution >= 4 is 28.1 Å². The first-order chi connectivity index (χ1) is 14.3. The number of nitrogens with one attached hydrogen (secondary N) is 1. The lowest BCUT2D eigenvalue weighted by Gasteiger charge is -2.14. The van der Waals surface area contributed by atoms with Crippen molar-refractivity contribution in [2.24, 2.45) is 0 Å². The smallest absolute Gasteiger partial charge is 0.248 e. The van der Waals surface area contributed by atoms with Gasteiger partial charge >= 0.3 is 0 Å². The Hall–Kier alpha value is -3.41. The number of allylic oxidation sites excluding steroid dienone is 1. The second-order valence-corrected chi connectivity index (χ2v) is 7.13. The number of carbonyl (C=O) groups excluding carboxylic acids is 1. The highest BCUT2D eigenvalue weighted by atomic mass is 16.5. The topological polar surface area (TPSA) is 69.9 Å². The first-order valence-corrected chi connectivity index (χ1v) is 9.59. The van der Waals surface area contributed by atoms with Crippen LogP contribution in [0.2, 0.25) is 0 Å². The normalized spacial score (nSPS) is 11.5. The summed E-state index contributed by atoms with van der Waals surface area (Å²) in [6, 6.07) is 7.24. The third-order valence-corrected chi connectivity index (χ3v) is 5.29. The van der Waals surface area contributed by atoms with E-state index in [1.165, 1.54) is 0 Å². The highest BCUT2D eigenvalue weighted by Gasteiger charge is 2.18. The van der Waals surface area contributed by atoms with Crippen molar-refractivity contribution in [3.63, 3.8) is 0 Å². The molecule has 158 valence electrons. The van der Waals surface area contributed by atoms with Crippen LogP contribution >= 0.6 is 0 Å². The van der Waals surface area contributed by atoms with Crippen LogP contribution in [0, 0.1) is 20.8 Å². The predicted molar refractivity (Wildman–Crippen MR) is 119 cm³/mol. The van der Waals surface area contributed by atoms with Gasteiger partial charge in [-0.25, -0.2) is 0 Å². The van der Waals surface area contributed by atoms with E-state index in [9.17, 15) is 4.79 Å². The van der Waals surface area contributed by atoms with E-state index in [4.69, 9.17) is 18.6 Å². The number of hydrogen-bond donors (Lipinski definition) is 1. The average molecular weight is 409 g/mol. The molecule has 0 radical (unpaired) electrons. The Balaban J connectivity index is 1.98. The lowest BCUT2D eigenvalue weighted by molar-refractivity contribution is -0.111. The van der Waals surface area contributed by atoms with Gasteiger partial charge in [0.25, 0.3) is 0 Å². The molecule has 3 rings (SSSR count). The molecule has 0 spiro atoms. The van der Waals surface area contributed by atoms with Gasteiger partial charge in [0.1, 0.15) is 28.6 Å². The van der Waals surface area contributed by atoms with Crippen LogP contribution in [0.5, 0.6) is 17.2 Å². The summed E-state index contributed by atoms with van der Waals surface area (Å²) in [5, 5.41) is 3.88. The van der Waals surface area contributed by atoms with E-state index < -0.39 is 0 Å². The molecule has 1 aromatic heterocycles. The fourth-order valence-electron chi connectivity index (χ4n) is 3.51. The van der Waals surface area contributed by atoms with Crippen molar-refractivity contribution in [3.05, 3.63) is 52.8 Å². The number of rotatable bonds is 6. The van der Waals surface area contributed by atoms with Gasteiger partial charge in [-0.05, 0) is 57.0 Å². The average Bonchev–Trinajstić information content (AvgIpc) is 3.02. The zero-order valence-electron chi connectivity index (χ0n) is 18.4. The van der Waals surface area contributed by atoms with Crippen molar-refractivity contribution in [1.29, 1.82) is 0 Å². The summed E-state index contributed by atoms with van der Waals surface area (Å²) in [6.07, 6.45) is 1.55. The molecule has 30 heavy (non-hydrogen) atoms. The quantitative estimate of drug-likeness (QED) is 0.550. The van der Waals surface area contributed by atoms with E-state index in [2.05, 4.69) is 5.32 Å². The molecule has 0 aliphatic carbocycles. The van der Waals surface area contributed by atoms with Crippen LogP contribution in [0.3, 0.4) is 0 Å². The van der Waals surface area contributed by atoms with Crippen molar-refractivity contribution in [2.45, 2.75) is 27.7 Å². The Morgan fingerprint density at radius 1 is 1.00 bits per heavy atom. The number of anilines is 1. The molecule has 0 atom stereocenters. The standard InChI is InChI=1S/C24H27NO5/c1-13(10-22(26)25-20-9-8-17(27-5)11-21(20)28-6)18-12-19-14(2)16(4)30-24(19)15(3)23(18)29-7/h8-12H,1-7H3,(H,25,26)/b13-10+. The molecule has 3 aromatic rings. The van der Waals surface area contributed by atoms with Crippen LogP contribution in [0.4, 0.5) is 5.69 Å². The summed E-state index contributed by atoms with van der Waals surface area (Å²) < 4.78 is 22.1. The van der Waals surface area contributed by atoms with Crippen molar-refractivity contribution < 1.29 is 23.4 Å². The molecule has 0 saturated heterocycles. The van der Waals surface area contributed by atoms with Crippen LogP contribution in [0.25, 0.3) is 16.5 Å². The molecular formula is C24H27NO5. The van der Waals surface area contributed by atoms with Crippen LogP contribution in [-0.2, 0) is 4.79 Å². The van der Waals surface area contributed by atoms with Crippen LogP contribution in [-0.4, -0.2) is 27.2 Å². The van der Waals surface area contributed by atoms with Crippen molar-refractivity contribution in [1.82, 2.24) is 0 Å². The Labute approximate surface area is 176 Å². The maximum absolute atomic E-state index is 12.7. The number of hydrogen-bond acceptors (Lipinski definition) is 5. The number of ether oxygens (including phenoxy) is 3. The Kier molecular flexibility index (Phi) is 6.06. The monoisotopic (exact) mass is 409 g/mol. The lowest BCUT2D eigenvalue weighted by Crippen LogP contribution is -2.10. The van der Waals surface area contributed by atoms with Crippen molar-refractivity contribution in [2.75, 3.05) is 26.6 Å². The first-order valence-electron chi connectivity index (χ1n) is 9.59. The molecular weight excluding hydrogens is 382 g/mol. The SMILES string of the molecule is COc1ccc(NC(=O)/C=C(\C)c2cc3c(C)c(C)oc3c(C)c2OC)c(OC)c1. The summed E-state index contributed by atoms with van der Waals surface area (Å²) in [7, 11) is 4.74. The zero-order chi connectivity index (χ0) is 22.0. The molecule has 1 amide bonds. The molecule has 0 aliphatic rings. The summed E-state index contributed by atoms with van der Waals surface area (Å²) in [5.74, 6) is 2.47. The van der Waals surface area contributed by atoms with E-state index >= 15 is 0 Å². The molecule has 0 aliphatic heterocycles. The number of aryl methyl sites for hydroxylation is 3. The Morgan fingerprint density at radius 3 is 2.37 bits per heavy atom. The maximum Gasteiger partial charge on any atom is 0.248 e. The number of fused-ring (bicyclic) bond motifs is 1. The minimum Gasteiger partial charge on any atom is -0.497 e. The third-order valence-electron chi connectivity index (χ3n) is 5.29. The number of benzene rings is 2.